The summed E-state index contributed by atoms with van der Waals surface area (Å²) in [6.45, 7) is 2.66. The van der Waals surface area contributed by atoms with Crippen molar-refractivity contribution >= 4 is 27.8 Å². The minimum atomic E-state index is -0.607. The van der Waals surface area contributed by atoms with Crippen molar-refractivity contribution in [2.75, 3.05) is 6.61 Å². The van der Waals surface area contributed by atoms with Crippen molar-refractivity contribution in [3.05, 3.63) is 36.0 Å². The highest BCUT2D eigenvalue weighted by Crippen LogP contribution is 2.26. The summed E-state index contributed by atoms with van der Waals surface area (Å²) < 4.78 is 12.2. The monoisotopic (exact) mass is 332 g/mol. The lowest BCUT2D eigenvalue weighted by Crippen LogP contribution is -2.10. The molecule has 0 aliphatic heterocycles. The number of fused-ring (bicyclic) bond motifs is 1. The number of thiazole rings is 1. The molecule has 2 aromatic heterocycles. The van der Waals surface area contributed by atoms with Crippen LogP contribution in [0.3, 0.4) is 0 Å². The minimum Gasteiger partial charge on any atom is -0.475 e. The number of rotatable bonds is 8. The first kappa shape index (κ1) is 15.4. The van der Waals surface area contributed by atoms with Gasteiger partial charge in [0.15, 0.2) is 0 Å². The first-order valence-electron chi connectivity index (χ1n) is 7.28. The van der Waals surface area contributed by atoms with Gasteiger partial charge in [0.25, 0.3) is 5.89 Å². The molecule has 1 aromatic carbocycles. The highest BCUT2D eigenvalue weighted by atomic mass is 32.1. The molecule has 0 radical (unpaired) electrons. The van der Waals surface area contributed by atoms with Gasteiger partial charge >= 0.3 is 0 Å². The highest BCUT2D eigenvalue weighted by molar-refractivity contribution is 7.16. The van der Waals surface area contributed by atoms with Crippen molar-refractivity contribution in [3.8, 4) is 5.75 Å². The number of ether oxygens (including phenoxy) is 1. The predicted molar refractivity (Wildman–Crippen MR) is 86.6 cm³/mol. The molecule has 2 heterocycles. The Kier molecular flexibility index (Phi) is 5.15. The van der Waals surface area contributed by atoms with Crippen LogP contribution in [0.5, 0.6) is 5.75 Å². The molecule has 0 amide bonds. The van der Waals surface area contributed by atoms with Crippen LogP contribution in [0.2, 0.25) is 0 Å². The van der Waals surface area contributed by atoms with E-state index in [-0.39, 0.29) is 0 Å². The van der Waals surface area contributed by atoms with Gasteiger partial charge in [-0.1, -0.05) is 18.5 Å². The Morgan fingerprint density at radius 2 is 2.39 bits per heavy atom. The van der Waals surface area contributed by atoms with Gasteiger partial charge in [-0.05, 0) is 24.6 Å². The number of aromatic nitrogens is 3. The van der Waals surface area contributed by atoms with Gasteiger partial charge in [0.1, 0.15) is 12.4 Å². The maximum atomic E-state index is 5.90. The molecule has 8 heteroatoms. The van der Waals surface area contributed by atoms with Crippen LogP contribution in [0.25, 0.3) is 10.2 Å². The molecule has 120 valence electrons. The average Bonchev–Trinajstić information content (AvgIpc) is 3.24. The molecule has 1 unspecified atom stereocenters. The molecule has 0 fully saturated rings. The second kappa shape index (κ2) is 7.68. The maximum Gasteiger partial charge on any atom is 0.262 e. The quantitative estimate of drug-likeness (QED) is 0.356. The van der Waals surface area contributed by atoms with E-state index in [9.17, 15) is 0 Å². The Bertz CT molecular complexity index is 757. The van der Waals surface area contributed by atoms with Crippen molar-refractivity contribution in [2.45, 2.75) is 25.9 Å². The molecule has 0 saturated heterocycles. The van der Waals surface area contributed by atoms with Crippen molar-refractivity contribution < 1.29 is 14.0 Å². The Balaban J connectivity index is 1.72. The Morgan fingerprint density at radius 3 is 3.22 bits per heavy atom. The van der Waals surface area contributed by atoms with Crippen molar-refractivity contribution in [3.63, 3.8) is 0 Å². The van der Waals surface area contributed by atoms with E-state index in [1.807, 2.05) is 18.2 Å². The number of hydrogen-bond donors (Lipinski definition) is 0. The summed E-state index contributed by atoms with van der Waals surface area (Å²) in [4.78, 5) is 9.43. The molecule has 0 saturated carbocycles. The molecule has 0 aliphatic carbocycles. The van der Waals surface area contributed by atoms with Crippen molar-refractivity contribution in [2.24, 2.45) is 5.16 Å². The predicted octanol–water partition coefficient (Wildman–Crippen LogP) is 3.60. The summed E-state index contributed by atoms with van der Waals surface area (Å²) in [6, 6.07) is 5.67. The van der Waals surface area contributed by atoms with E-state index in [2.05, 4.69) is 27.3 Å². The van der Waals surface area contributed by atoms with Gasteiger partial charge in [-0.3, -0.25) is 0 Å². The largest absolute Gasteiger partial charge is 0.475 e. The number of benzene rings is 1. The molecule has 7 nitrogen and oxygen atoms in total. The standard InChI is InChI=1S/C15H16N4O3S/c1-2-3-6-21-18-8-13(15-19-17-9-20-15)22-11-4-5-12-14(7-11)23-10-16-12/h4-5,7-10,13H,2-3,6H2,1H3. The third kappa shape index (κ3) is 4.04. The van der Waals surface area contributed by atoms with Gasteiger partial charge in [0.2, 0.25) is 12.5 Å². The fraction of sp³-hybridized carbons (Fsp3) is 0.333. The topological polar surface area (TPSA) is 82.6 Å². The van der Waals surface area contributed by atoms with Crippen molar-refractivity contribution in [1.29, 1.82) is 0 Å². The van der Waals surface area contributed by atoms with Crippen molar-refractivity contribution in [1.82, 2.24) is 15.2 Å². The SMILES string of the molecule is CCCCON=CC(Oc1ccc2ncsc2c1)c1nnco1. The van der Waals surface area contributed by atoms with Crippen LogP contribution in [0.4, 0.5) is 0 Å². The van der Waals surface area contributed by atoms with Crippen LogP contribution in [-0.4, -0.2) is 28.0 Å². The van der Waals surface area contributed by atoms with E-state index in [0.29, 0.717) is 18.2 Å². The zero-order valence-electron chi connectivity index (χ0n) is 12.6. The first-order valence-corrected chi connectivity index (χ1v) is 8.16. The van der Waals surface area contributed by atoms with Gasteiger partial charge < -0.3 is 14.0 Å². The third-order valence-electron chi connectivity index (χ3n) is 3.05. The second-order valence-electron chi connectivity index (χ2n) is 4.74. The van der Waals surface area contributed by atoms with Crippen LogP contribution < -0.4 is 4.74 Å². The van der Waals surface area contributed by atoms with Crippen LogP contribution in [0.1, 0.15) is 31.8 Å². The van der Waals surface area contributed by atoms with Crippen LogP contribution in [0.15, 0.2) is 39.7 Å². The summed E-state index contributed by atoms with van der Waals surface area (Å²) in [6.07, 6.45) is 4.16. The number of nitrogens with zero attached hydrogens (tertiary/aromatic N) is 4. The molecule has 1 atom stereocenters. The van der Waals surface area contributed by atoms with E-state index in [1.54, 1.807) is 16.8 Å². The number of hydrogen-bond acceptors (Lipinski definition) is 8. The van der Waals surface area contributed by atoms with Gasteiger partial charge in [-0.15, -0.1) is 21.5 Å². The van der Waals surface area contributed by atoms with E-state index in [1.165, 1.54) is 12.6 Å². The average molecular weight is 332 g/mol. The zero-order valence-corrected chi connectivity index (χ0v) is 13.4. The Hall–Kier alpha value is -2.48. The lowest BCUT2D eigenvalue weighted by molar-refractivity contribution is 0.137. The minimum absolute atomic E-state index is 0.317. The summed E-state index contributed by atoms with van der Waals surface area (Å²) in [5, 5.41) is 11.5. The molecule has 0 spiro atoms. The molecular formula is C15H16N4O3S. The van der Waals surface area contributed by atoms with E-state index in [0.717, 1.165) is 23.1 Å². The van der Waals surface area contributed by atoms with Crippen LogP contribution in [-0.2, 0) is 4.84 Å². The van der Waals surface area contributed by atoms with E-state index < -0.39 is 6.10 Å². The zero-order chi connectivity index (χ0) is 15.9. The molecule has 3 aromatic rings. The second-order valence-corrected chi connectivity index (χ2v) is 5.62. The molecular weight excluding hydrogens is 316 g/mol. The smallest absolute Gasteiger partial charge is 0.262 e. The van der Waals surface area contributed by atoms with Gasteiger partial charge in [0, 0.05) is 0 Å². The lowest BCUT2D eigenvalue weighted by atomic mass is 10.3. The lowest BCUT2D eigenvalue weighted by Gasteiger charge is -2.11. The first-order chi connectivity index (χ1) is 11.4. The van der Waals surface area contributed by atoms with Crippen LogP contribution >= 0.6 is 11.3 Å². The molecule has 0 N–H and O–H groups in total. The number of oxime groups is 1. The number of unbranched alkanes of at least 4 members (excludes halogenated alkanes) is 1. The van der Waals surface area contributed by atoms with E-state index in [4.69, 9.17) is 14.0 Å². The summed E-state index contributed by atoms with van der Waals surface area (Å²) in [7, 11) is 0. The normalized spacial score (nSPS) is 12.7. The molecule has 23 heavy (non-hydrogen) atoms. The van der Waals surface area contributed by atoms with Gasteiger partial charge in [0.05, 0.1) is 21.9 Å². The summed E-state index contributed by atoms with van der Waals surface area (Å²) in [5.41, 5.74) is 2.74. The Morgan fingerprint density at radius 1 is 1.43 bits per heavy atom. The van der Waals surface area contributed by atoms with Gasteiger partial charge in [-0.25, -0.2) is 4.98 Å². The van der Waals surface area contributed by atoms with Gasteiger partial charge in [-0.2, -0.15) is 0 Å². The Labute approximate surface area is 136 Å². The summed E-state index contributed by atoms with van der Waals surface area (Å²) >= 11 is 1.55. The maximum absolute atomic E-state index is 5.90. The molecule has 0 aliphatic rings. The summed E-state index contributed by atoms with van der Waals surface area (Å²) in [5.74, 6) is 0.988. The highest BCUT2D eigenvalue weighted by Gasteiger charge is 2.17. The fourth-order valence-electron chi connectivity index (χ4n) is 1.87. The molecule has 0 bridgehead atoms. The fourth-order valence-corrected chi connectivity index (χ4v) is 2.57. The third-order valence-corrected chi connectivity index (χ3v) is 3.84. The van der Waals surface area contributed by atoms with E-state index >= 15 is 0 Å². The van der Waals surface area contributed by atoms with Crippen LogP contribution in [0, 0.1) is 0 Å². The molecule has 3 rings (SSSR count).